The van der Waals surface area contributed by atoms with E-state index in [9.17, 15) is 0 Å². The summed E-state index contributed by atoms with van der Waals surface area (Å²) in [5.41, 5.74) is 1.14. The van der Waals surface area contributed by atoms with Crippen molar-refractivity contribution in [1.82, 2.24) is 5.32 Å². The summed E-state index contributed by atoms with van der Waals surface area (Å²) in [6, 6.07) is 3.74. The van der Waals surface area contributed by atoms with Crippen molar-refractivity contribution in [3.8, 4) is 5.75 Å². The first kappa shape index (κ1) is 14.7. The third kappa shape index (κ3) is 4.13. The predicted octanol–water partition coefficient (Wildman–Crippen LogP) is 4.10. The maximum Gasteiger partial charge on any atom is 0.124 e. The van der Waals surface area contributed by atoms with Crippen molar-refractivity contribution in [2.24, 2.45) is 5.92 Å². The largest absolute Gasteiger partial charge is 0.489 e. The van der Waals surface area contributed by atoms with Crippen molar-refractivity contribution >= 4 is 23.2 Å². The molecular weight excluding hydrogens is 281 g/mol. The van der Waals surface area contributed by atoms with E-state index in [0.717, 1.165) is 30.8 Å². The van der Waals surface area contributed by atoms with Gasteiger partial charge in [-0.3, -0.25) is 0 Å². The molecule has 1 N–H and O–H groups in total. The molecule has 2 rings (SSSR count). The molecule has 4 heteroatoms. The van der Waals surface area contributed by atoms with Gasteiger partial charge in [0.15, 0.2) is 0 Å². The first-order valence-electron chi connectivity index (χ1n) is 6.63. The highest BCUT2D eigenvalue weighted by atomic mass is 35.5. The van der Waals surface area contributed by atoms with Gasteiger partial charge >= 0.3 is 0 Å². The maximum absolute atomic E-state index is 6.12. The Labute approximate surface area is 124 Å². The minimum Gasteiger partial charge on any atom is -0.489 e. The van der Waals surface area contributed by atoms with E-state index in [1.54, 1.807) is 6.08 Å². The predicted molar refractivity (Wildman–Crippen MR) is 81.5 cm³/mol. The number of benzene rings is 1. The zero-order chi connectivity index (χ0) is 13.7. The average Bonchev–Trinajstić information content (AvgIpc) is 2.42. The van der Waals surface area contributed by atoms with Crippen molar-refractivity contribution in [2.75, 3.05) is 19.7 Å². The van der Waals surface area contributed by atoms with E-state index in [1.807, 2.05) is 12.1 Å². The summed E-state index contributed by atoms with van der Waals surface area (Å²) in [5, 5.41) is 4.51. The van der Waals surface area contributed by atoms with Crippen LogP contribution in [0.3, 0.4) is 0 Å². The molecule has 1 aromatic rings. The van der Waals surface area contributed by atoms with Crippen LogP contribution in [-0.4, -0.2) is 19.7 Å². The summed E-state index contributed by atoms with van der Waals surface area (Å²) in [4.78, 5) is 0. The number of rotatable bonds is 5. The van der Waals surface area contributed by atoms with Gasteiger partial charge in [-0.15, -0.1) is 0 Å². The highest BCUT2D eigenvalue weighted by molar-refractivity contribution is 6.42. The normalized spacial score (nSPS) is 16.3. The lowest BCUT2D eigenvalue weighted by Gasteiger charge is -2.23. The molecule has 1 fully saturated rings. The number of ether oxygens (including phenoxy) is 1. The van der Waals surface area contributed by atoms with Crippen molar-refractivity contribution in [2.45, 2.75) is 19.3 Å². The molecule has 0 aromatic heterocycles. The molecule has 1 aromatic carbocycles. The van der Waals surface area contributed by atoms with E-state index >= 15 is 0 Å². The standard InChI is InChI=1S/C15H19Cl2NO/c1-2-7-19-15-10-14(17)13(16)9-12(15)8-11-3-5-18-6-4-11/h2,9-11,18H,1,3-8H2. The Bertz CT molecular complexity index is 442. The van der Waals surface area contributed by atoms with Crippen LogP contribution in [0.2, 0.25) is 10.0 Å². The summed E-state index contributed by atoms with van der Waals surface area (Å²) in [5.74, 6) is 1.51. The molecule has 0 aliphatic carbocycles. The second kappa shape index (κ2) is 7.18. The molecule has 0 amide bonds. The molecule has 1 aliphatic rings. The summed E-state index contributed by atoms with van der Waals surface area (Å²) >= 11 is 12.2. The Kier molecular flexibility index (Phi) is 5.56. The third-order valence-electron chi connectivity index (χ3n) is 3.43. The van der Waals surface area contributed by atoms with Gasteiger partial charge in [0.1, 0.15) is 12.4 Å². The molecule has 104 valence electrons. The van der Waals surface area contributed by atoms with Crippen LogP contribution in [0.1, 0.15) is 18.4 Å². The molecule has 0 spiro atoms. The Morgan fingerprint density at radius 1 is 1.26 bits per heavy atom. The second-order valence-corrected chi connectivity index (χ2v) is 5.69. The zero-order valence-corrected chi connectivity index (χ0v) is 12.4. The number of nitrogens with one attached hydrogen (secondary N) is 1. The zero-order valence-electron chi connectivity index (χ0n) is 10.9. The smallest absolute Gasteiger partial charge is 0.124 e. The lowest BCUT2D eigenvalue weighted by atomic mass is 9.90. The number of hydrogen-bond acceptors (Lipinski definition) is 2. The molecular formula is C15H19Cl2NO. The van der Waals surface area contributed by atoms with E-state index in [-0.39, 0.29) is 0 Å². The fourth-order valence-electron chi connectivity index (χ4n) is 2.41. The quantitative estimate of drug-likeness (QED) is 0.827. The molecule has 0 atom stereocenters. The van der Waals surface area contributed by atoms with Gasteiger partial charge in [-0.1, -0.05) is 35.9 Å². The molecule has 0 bridgehead atoms. The molecule has 1 saturated heterocycles. The van der Waals surface area contributed by atoms with E-state index in [4.69, 9.17) is 27.9 Å². The highest BCUT2D eigenvalue weighted by Crippen LogP contribution is 2.33. The molecule has 19 heavy (non-hydrogen) atoms. The Balaban J connectivity index is 2.15. The lowest BCUT2D eigenvalue weighted by molar-refractivity contribution is 0.342. The molecule has 1 aliphatic heterocycles. The first-order valence-corrected chi connectivity index (χ1v) is 7.38. The van der Waals surface area contributed by atoms with Crippen LogP contribution in [0.15, 0.2) is 24.8 Å². The Morgan fingerprint density at radius 3 is 2.63 bits per heavy atom. The van der Waals surface area contributed by atoms with Crippen molar-refractivity contribution in [1.29, 1.82) is 0 Å². The summed E-state index contributed by atoms with van der Waals surface area (Å²) < 4.78 is 5.69. The summed E-state index contributed by atoms with van der Waals surface area (Å²) in [6.07, 6.45) is 5.12. The Morgan fingerprint density at radius 2 is 1.95 bits per heavy atom. The number of hydrogen-bond donors (Lipinski definition) is 1. The maximum atomic E-state index is 6.12. The molecule has 0 radical (unpaired) electrons. The molecule has 0 saturated carbocycles. The van der Waals surface area contributed by atoms with Gasteiger partial charge in [0, 0.05) is 6.07 Å². The van der Waals surface area contributed by atoms with Crippen LogP contribution in [0.25, 0.3) is 0 Å². The van der Waals surface area contributed by atoms with Crippen LogP contribution in [0, 0.1) is 5.92 Å². The van der Waals surface area contributed by atoms with Crippen molar-refractivity contribution in [3.05, 3.63) is 40.4 Å². The van der Waals surface area contributed by atoms with Crippen LogP contribution < -0.4 is 10.1 Å². The van der Waals surface area contributed by atoms with E-state index < -0.39 is 0 Å². The Hall–Kier alpha value is -0.700. The van der Waals surface area contributed by atoms with Crippen LogP contribution >= 0.6 is 23.2 Å². The van der Waals surface area contributed by atoms with Gasteiger partial charge in [-0.2, -0.15) is 0 Å². The monoisotopic (exact) mass is 299 g/mol. The summed E-state index contributed by atoms with van der Waals surface area (Å²) in [7, 11) is 0. The minimum absolute atomic E-state index is 0.483. The van der Waals surface area contributed by atoms with Crippen LogP contribution in [0.5, 0.6) is 5.75 Å². The lowest BCUT2D eigenvalue weighted by Crippen LogP contribution is -2.28. The second-order valence-electron chi connectivity index (χ2n) is 4.87. The fraction of sp³-hybridized carbons (Fsp3) is 0.467. The van der Waals surface area contributed by atoms with Gasteiger partial charge in [0.2, 0.25) is 0 Å². The first-order chi connectivity index (χ1) is 9.20. The van der Waals surface area contributed by atoms with E-state index in [0.29, 0.717) is 22.6 Å². The third-order valence-corrected chi connectivity index (χ3v) is 4.15. The average molecular weight is 300 g/mol. The SMILES string of the molecule is C=CCOc1cc(Cl)c(Cl)cc1CC1CCNCC1. The van der Waals surface area contributed by atoms with Gasteiger partial charge < -0.3 is 10.1 Å². The number of piperidine rings is 1. The minimum atomic E-state index is 0.483. The van der Waals surface area contributed by atoms with E-state index in [2.05, 4.69) is 11.9 Å². The molecule has 1 heterocycles. The van der Waals surface area contributed by atoms with Gasteiger partial charge in [0.05, 0.1) is 10.0 Å². The molecule has 2 nitrogen and oxygen atoms in total. The van der Waals surface area contributed by atoms with Crippen molar-refractivity contribution < 1.29 is 4.74 Å². The summed E-state index contributed by atoms with van der Waals surface area (Å²) in [6.45, 7) is 6.34. The topological polar surface area (TPSA) is 21.3 Å². The molecule has 0 unspecified atom stereocenters. The van der Waals surface area contributed by atoms with Crippen LogP contribution in [0.4, 0.5) is 0 Å². The fourth-order valence-corrected chi connectivity index (χ4v) is 2.75. The highest BCUT2D eigenvalue weighted by Gasteiger charge is 2.17. The van der Waals surface area contributed by atoms with Gasteiger partial charge in [-0.25, -0.2) is 0 Å². The number of halogens is 2. The van der Waals surface area contributed by atoms with Crippen LogP contribution in [-0.2, 0) is 6.42 Å². The van der Waals surface area contributed by atoms with Gasteiger partial charge in [0.25, 0.3) is 0 Å². The van der Waals surface area contributed by atoms with Gasteiger partial charge in [-0.05, 0) is 49.9 Å². The van der Waals surface area contributed by atoms with Crippen molar-refractivity contribution in [3.63, 3.8) is 0 Å². The van der Waals surface area contributed by atoms with E-state index in [1.165, 1.54) is 12.8 Å².